The van der Waals surface area contributed by atoms with Crippen LogP contribution in [-0.4, -0.2) is 47.3 Å². The molecule has 6 nitrogen and oxygen atoms in total. The topological polar surface area (TPSA) is 57.5 Å². The minimum atomic E-state index is 0. The minimum Gasteiger partial charge on any atom is -0.356 e. The first-order valence-corrected chi connectivity index (χ1v) is 9.45. The first-order chi connectivity index (χ1) is 12.7. The summed E-state index contributed by atoms with van der Waals surface area (Å²) in [7, 11) is 3.74. The maximum atomic E-state index is 4.29. The fraction of sp³-hybridized carbons (Fsp3) is 0.500. The van der Waals surface area contributed by atoms with Gasteiger partial charge in [0, 0.05) is 39.9 Å². The van der Waals surface area contributed by atoms with Crippen LogP contribution in [0.4, 0.5) is 0 Å². The number of guanidine groups is 1. The van der Waals surface area contributed by atoms with Gasteiger partial charge >= 0.3 is 0 Å². The standard InChI is InChI=1S/C20H30N6.HI/c1-21-20(22-10-9-19-14-24-25(2)15-19)23-13-17-5-7-18(8-6-17)16-26-11-3-4-12-26;/h5-8,14-15H,3-4,9-13,16H2,1-2H3,(H2,21,22,23);1H. The van der Waals surface area contributed by atoms with Gasteiger partial charge in [0.15, 0.2) is 5.96 Å². The van der Waals surface area contributed by atoms with E-state index in [4.69, 9.17) is 0 Å². The zero-order chi connectivity index (χ0) is 18.2. The van der Waals surface area contributed by atoms with E-state index in [1.54, 1.807) is 7.05 Å². The fourth-order valence-electron chi connectivity index (χ4n) is 3.29. The maximum Gasteiger partial charge on any atom is 0.191 e. The molecule has 0 atom stereocenters. The number of likely N-dealkylation sites (tertiary alicyclic amines) is 1. The molecule has 1 aromatic heterocycles. The molecule has 2 N–H and O–H groups in total. The van der Waals surface area contributed by atoms with Crippen molar-refractivity contribution in [1.82, 2.24) is 25.3 Å². The van der Waals surface area contributed by atoms with Crippen molar-refractivity contribution < 1.29 is 0 Å². The number of nitrogens with one attached hydrogen (secondary N) is 2. The molecule has 7 heteroatoms. The van der Waals surface area contributed by atoms with E-state index < -0.39 is 0 Å². The average molecular weight is 482 g/mol. The van der Waals surface area contributed by atoms with Crippen LogP contribution in [0.1, 0.15) is 29.5 Å². The summed E-state index contributed by atoms with van der Waals surface area (Å²) in [5, 5.41) is 10.9. The molecule has 0 spiro atoms. The lowest BCUT2D eigenvalue weighted by atomic mass is 10.1. The molecule has 3 rings (SSSR count). The van der Waals surface area contributed by atoms with E-state index in [9.17, 15) is 0 Å². The molecule has 1 aliphatic rings. The van der Waals surface area contributed by atoms with Crippen LogP contribution in [0.5, 0.6) is 0 Å². The predicted octanol–water partition coefficient (Wildman–Crippen LogP) is 2.54. The third kappa shape index (κ3) is 7.14. The van der Waals surface area contributed by atoms with Gasteiger partial charge in [-0.1, -0.05) is 24.3 Å². The van der Waals surface area contributed by atoms with Gasteiger partial charge in [0.05, 0.1) is 6.20 Å². The van der Waals surface area contributed by atoms with Crippen molar-refractivity contribution in [3.8, 4) is 0 Å². The van der Waals surface area contributed by atoms with Gasteiger partial charge in [0.2, 0.25) is 0 Å². The normalized spacial score (nSPS) is 14.8. The van der Waals surface area contributed by atoms with Crippen molar-refractivity contribution in [2.24, 2.45) is 12.0 Å². The lowest BCUT2D eigenvalue weighted by Gasteiger charge is -2.15. The molecule has 0 amide bonds. The molecule has 2 heterocycles. The molecule has 0 saturated carbocycles. The molecule has 0 radical (unpaired) electrons. The van der Waals surface area contributed by atoms with Crippen LogP contribution in [0.2, 0.25) is 0 Å². The van der Waals surface area contributed by atoms with Gasteiger partial charge in [-0.3, -0.25) is 14.6 Å². The highest BCUT2D eigenvalue weighted by molar-refractivity contribution is 14.0. The van der Waals surface area contributed by atoms with E-state index >= 15 is 0 Å². The third-order valence-electron chi connectivity index (χ3n) is 4.78. The number of aliphatic imine (C=N–C) groups is 1. The summed E-state index contributed by atoms with van der Waals surface area (Å²) in [6, 6.07) is 8.91. The molecule has 2 aromatic rings. The fourth-order valence-corrected chi connectivity index (χ4v) is 3.29. The van der Waals surface area contributed by atoms with E-state index in [1.165, 1.54) is 42.6 Å². The van der Waals surface area contributed by atoms with Crippen molar-refractivity contribution in [1.29, 1.82) is 0 Å². The molecule has 148 valence electrons. The van der Waals surface area contributed by atoms with Crippen molar-refractivity contribution >= 4 is 29.9 Å². The number of rotatable bonds is 7. The van der Waals surface area contributed by atoms with Gasteiger partial charge in [-0.25, -0.2) is 0 Å². The summed E-state index contributed by atoms with van der Waals surface area (Å²) in [4.78, 5) is 6.82. The summed E-state index contributed by atoms with van der Waals surface area (Å²) in [5.41, 5.74) is 3.89. The van der Waals surface area contributed by atoms with Crippen LogP contribution in [0.15, 0.2) is 41.7 Å². The summed E-state index contributed by atoms with van der Waals surface area (Å²) in [6.45, 7) is 5.16. The Morgan fingerprint density at radius 3 is 2.41 bits per heavy atom. The van der Waals surface area contributed by atoms with E-state index in [0.717, 1.165) is 32.0 Å². The SMILES string of the molecule is CN=C(NCCc1cnn(C)c1)NCc1ccc(CN2CCCC2)cc1.I. The molecule has 1 aliphatic heterocycles. The number of hydrogen-bond donors (Lipinski definition) is 2. The van der Waals surface area contributed by atoms with Gasteiger partial charge < -0.3 is 10.6 Å². The van der Waals surface area contributed by atoms with Crippen LogP contribution < -0.4 is 10.6 Å². The second kappa shape index (κ2) is 11.3. The Balaban J connectivity index is 0.00000261. The number of hydrogen-bond acceptors (Lipinski definition) is 3. The van der Waals surface area contributed by atoms with Crippen LogP contribution in [0, 0.1) is 0 Å². The highest BCUT2D eigenvalue weighted by Gasteiger charge is 2.11. The molecule has 0 bridgehead atoms. The lowest BCUT2D eigenvalue weighted by Crippen LogP contribution is -2.37. The van der Waals surface area contributed by atoms with Crippen LogP contribution in [0.3, 0.4) is 0 Å². The highest BCUT2D eigenvalue weighted by Crippen LogP contribution is 2.13. The molecule has 1 aromatic carbocycles. The number of nitrogens with zero attached hydrogens (tertiary/aromatic N) is 4. The first-order valence-electron chi connectivity index (χ1n) is 9.45. The molecule has 0 aliphatic carbocycles. The largest absolute Gasteiger partial charge is 0.356 e. The minimum absolute atomic E-state index is 0. The van der Waals surface area contributed by atoms with E-state index in [0.29, 0.717) is 0 Å². The lowest BCUT2D eigenvalue weighted by molar-refractivity contribution is 0.331. The Morgan fingerprint density at radius 1 is 1.07 bits per heavy atom. The predicted molar refractivity (Wildman–Crippen MR) is 121 cm³/mol. The van der Waals surface area contributed by atoms with Crippen LogP contribution in [-0.2, 0) is 26.6 Å². The quantitative estimate of drug-likeness (QED) is 0.362. The molecule has 0 unspecified atom stereocenters. The van der Waals surface area contributed by atoms with Crippen molar-refractivity contribution in [2.75, 3.05) is 26.7 Å². The number of halogens is 1. The monoisotopic (exact) mass is 482 g/mol. The van der Waals surface area contributed by atoms with Gasteiger partial charge in [0.1, 0.15) is 0 Å². The van der Waals surface area contributed by atoms with E-state index in [-0.39, 0.29) is 24.0 Å². The smallest absolute Gasteiger partial charge is 0.191 e. The summed E-state index contributed by atoms with van der Waals surface area (Å²) < 4.78 is 1.83. The average Bonchev–Trinajstić information content (AvgIpc) is 3.31. The van der Waals surface area contributed by atoms with Gasteiger partial charge in [-0.05, 0) is 49.0 Å². The first kappa shape index (κ1) is 21.7. The van der Waals surface area contributed by atoms with Gasteiger partial charge in [0.25, 0.3) is 0 Å². The number of aromatic nitrogens is 2. The van der Waals surface area contributed by atoms with Crippen molar-refractivity contribution in [2.45, 2.75) is 32.4 Å². The Kier molecular flexibility index (Phi) is 9.06. The van der Waals surface area contributed by atoms with Crippen molar-refractivity contribution in [3.63, 3.8) is 0 Å². The molecular formula is C20H31IN6. The summed E-state index contributed by atoms with van der Waals surface area (Å²) in [6.07, 6.45) is 7.56. The molecule has 1 saturated heterocycles. The zero-order valence-corrected chi connectivity index (χ0v) is 18.6. The summed E-state index contributed by atoms with van der Waals surface area (Å²) >= 11 is 0. The number of aryl methyl sites for hydroxylation is 1. The van der Waals surface area contributed by atoms with E-state index in [1.807, 2.05) is 24.1 Å². The van der Waals surface area contributed by atoms with Gasteiger partial charge in [-0.2, -0.15) is 5.10 Å². The Morgan fingerprint density at radius 2 is 1.78 bits per heavy atom. The Hall–Kier alpha value is -1.61. The van der Waals surface area contributed by atoms with Crippen LogP contribution >= 0.6 is 24.0 Å². The Labute approximate surface area is 179 Å². The molecule has 1 fully saturated rings. The molecule has 27 heavy (non-hydrogen) atoms. The van der Waals surface area contributed by atoms with E-state index in [2.05, 4.69) is 49.9 Å². The second-order valence-electron chi connectivity index (χ2n) is 6.92. The van der Waals surface area contributed by atoms with Crippen molar-refractivity contribution in [3.05, 3.63) is 53.3 Å². The second-order valence-corrected chi connectivity index (χ2v) is 6.92. The Bertz CT molecular complexity index is 704. The zero-order valence-electron chi connectivity index (χ0n) is 16.3. The maximum absolute atomic E-state index is 4.29. The third-order valence-corrected chi connectivity index (χ3v) is 4.78. The highest BCUT2D eigenvalue weighted by atomic mass is 127. The summed E-state index contributed by atoms with van der Waals surface area (Å²) in [5.74, 6) is 0.829. The van der Waals surface area contributed by atoms with Gasteiger partial charge in [-0.15, -0.1) is 24.0 Å². The number of benzene rings is 1. The molecular weight excluding hydrogens is 451 g/mol. The van der Waals surface area contributed by atoms with Crippen LogP contribution in [0.25, 0.3) is 0 Å².